The van der Waals surface area contributed by atoms with Crippen molar-refractivity contribution in [3.63, 3.8) is 0 Å². The van der Waals surface area contributed by atoms with Crippen molar-refractivity contribution in [2.45, 2.75) is 26.1 Å². The second-order valence-electron chi connectivity index (χ2n) is 5.49. The van der Waals surface area contributed by atoms with E-state index in [0.29, 0.717) is 24.4 Å². The molecule has 0 saturated carbocycles. The second kappa shape index (κ2) is 5.00. The van der Waals surface area contributed by atoms with Crippen molar-refractivity contribution in [3.8, 4) is 0 Å². The summed E-state index contributed by atoms with van der Waals surface area (Å²) < 4.78 is 7.38. The van der Waals surface area contributed by atoms with Gasteiger partial charge in [0.25, 0.3) is 0 Å². The number of nitrogens with zero attached hydrogens (tertiary/aromatic N) is 4. The van der Waals surface area contributed by atoms with Crippen LogP contribution in [0.15, 0.2) is 12.4 Å². The summed E-state index contributed by atoms with van der Waals surface area (Å²) in [4.78, 5) is 17.8. The first-order valence-corrected chi connectivity index (χ1v) is 6.91. The molecule has 1 fully saturated rings. The van der Waals surface area contributed by atoms with Gasteiger partial charge in [-0.05, 0) is 13.8 Å². The topological polar surface area (TPSA) is 80.5 Å². The Labute approximate surface area is 122 Å². The van der Waals surface area contributed by atoms with Gasteiger partial charge in [-0.1, -0.05) is 0 Å². The van der Waals surface area contributed by atoms with E-state index in [1.165, 1.54) is 6.20 Å². The van der Waals surface area contributed by atoms with Crippen molar-refractivity contribution in [2.75, 3.05) is 18.0 Å². The maximum absolute atomic E-state index is 11.6. The Morgan fingerprint density at radius 2 is 2.00 bits per heavy atom. The zero-order valence-electron chi connectivity index (χ0n) is 12.3. The van der Waals surface area contributed by atoms with Crippen LogP contribution in [0, 0.1) is 0 Å². The third-order valence-electron chi connectivity index (χ3n) is 3.70. The summed E-state index contributed by atoms with van der Waals surface area (Å²) in [6.45, 7) is 5.28. The smallest absolute Gasteiger partial charge is 0.339 e. The lowest BCUT2D eigenvalue weighted by Crippen LogP contribution is -2.46. The molecule has 1 saturated heterocycles. The van der Waals surface area contributed by atoms with E-state index in [4.69, 9.17) is 4.74 Å². The minimum Gasteiger partial charge on any atom is -0.478 e. The Morgan fingerprint density at radius 1 is 1.33 bits per heavy atom. The van der Waals surface area contributed by atoms with Crippen molar-refractivity contribution in [2.24, 2.45) is 7.05 Å². The molecule has 0 radical (unpaired) electrons. The number of rotatable bonds is 2. The van der Waals surface area contributed by atoms with Crippen LogP contribution in [0.25, 0.3) is 11.0 Å². The van der Waals surface area contributed by atoms with E-state index in [-0.39, 0.29) is 17.8 Å². The van der Waals surface area contributed by atoms with Crippen LogP contribution in [0.2, 0.25) is 0 Å². The summed E-state index contributed by atoms with van der Waals surface area (Å²) in [6.07, 6.45) is 3.19. The number of hydrogen-bond acceptors (Lipinski definition) is 5. The largest absolute Gasteiger partial charge is 0.478 e. The SMILES string of the molecule is C[C@@H]1CN(c2c(C(=O)O)cnc3c2cnn3C)C[C@H](C)O1. The average Bonchev–Trinajstić information content (AvgIpc) is 2.78. The van der Waals surface area contributed by atoms with Crippen molar-refractivity contribution in [3.05, 3.63) is 18.0 Å². The second-order valence-corrected chi connectivity index (χ2v) is 5.49. The average molecular weight is 290 g/mol. The van der Waals surface area contributed by atoms with E-state index >= 15 is 0 Å². The van der Waals surface area contributed by atoms with Crippen LogP contribution in [-0.2, 0) is 11.8 Å². The molecule has 112 valence electrons. The number of carboxylic acid groups (broad SMARTS) is 1. The van der Waals surface area contributed by atoms with Gasteiger partial charge >= 0.3 is 5.97 Å². The van der Waals surface area contributed by atoms with Crippen LogP contribution in [0.4, 0.5) is 5.69 Å². The summed E-state index contributed by atoms with van der Waals surface area (Å²) in [7, 11) is 1.80. The number of pyridine rings is 1. The molecule has 0 aromatic carbocycles. The number of carboxylic acids is 1. The molecule has 7 heteroatoms. The molecule has 0 bridgehead atoms. The summed E-state index contributed by atoms with van der Waals surface area (Å²) in [6, 6.07) is 0. The van der Waals surface area contributed by atoms with Crippen LogP contribution in [0.5, 0.6) is 0 Å². The molecule has 1 aliphatic rings. The number of aromatic nitrogens is 3. The van der Waals surface area contributed by atoms with Gasteiger partial charge in [-0.15, -0.1) is 0 Å². The molecule has 3 rings (SSSR count). The quantitative estimate of drug-likeness (QED) is 0.897. The number of aryl methyl sites for hydroxylation is 1. The lowest BCUT2D eigenvalue weighted by atomic mass is 10.1. The predicted octanol–water partition coefficient (Wildman–Crippen LogP) is 1.28. The standard InChI is InChI=1S/C14H18N4O3/c1-8-6-18(7-9(2)21-8)12-10-5-16-17(3)13(10)15-4-11(12)14(19)20/h4-5,8-9H,6-7H2,1-3H3,(H,19,20)/t8-,9+. The number of aromatic carboxylic acids is 1. The van der Waals surface area contributed by atoms with Crippen LogP contribution >= 0.6 is 0 Å². The molecule has 21 heavy (non-hydrogen) atoms. The van der Waals surface area contributed by atoms with E-state index in [2.05, 4.69) is 15.0 Å². The molecule has 0 amide bonds. The number of anilines is 1. The molecular weight excluding hydrogens is 272 g/mol. The van der Waals surface area contributed by atoms with E-state index < -0.39 is 5.97 Å². The molecule has 2 aromatic heterocycles. The molecular formula is C14H18N4O3. The molecule has 2 atom stereocenters. The fourth-order valence-electron chi connectivity index (χ4n) is 2.94. The molecule has 0 spiro atoms. The first-order chi connectivity index (χ1) is 9.97. The Bertz CT molecular complexity index is 687. The highest BCUT2D eigenvalue weighted by atomic mass is 16.5. The Balaban J connectivity index is 2.18. The molecule has 7 nitrogen and oxygen atoms in total. The maximum atomic E-state index is 11.6. The Hall–Kier alpha value is -2.15. The lowest BCUT2D eigenvalue weighted by Gasteiger charge is -2.37. The highest BCUT2D eigenvalue weighted by Gasteiger charge is 2.28. The van der Waals surface area contributed by atoms with Gasteiger partial charge in [0.05, 0.1) is 29.5 Å². The van der Waals surface area contributed by atoms with E-state index in [9.17, 15) is 9.90 Å². The van der Waals surface area contributed by atoms with Crippen molar-refractivity contribution in [1.82, 2.24) is 14.8 Å². The minimum atomic E-state index is -0.977. The van der Waals surface area contributed by atoms with Gasteiger partial charge in [-0.2, -0.15) is 5.10 Å². The molecule has 0 unspecified atom stereocenters. The van der Waals surface area contributed by atoms with Crippen LogP contribution < -0.4 is 4.90 Å². The highest BCUT2D eigenvalue weighted by Crippen LogP contribution is 2.31. The third kappa shape index (κ3) is 2.33. The van der Waals surface area contributed by atoms with Gasteiger partial charge in [-0.3, -0.25) is 4.68 Å². The normalized spacial score (nSPS) is 22.7. The van der Waals surface area contributed by atoms with Gasteiger partial charge in [0, 0.05) is 26.3 Å². The van der Waals surface area contributed by atoms with Gasteiger partial charge in [0.2, 0.25) is 0 Å². The van der Waals surface area contributed by atoms with Crippen LogP contribution in [-0.4, -0.2) is 51.1 Å². The lowest BCUT2D eigenvalue weighted by molar-refractivity contribution is -0.00523. The summed E-state index contributed by atoms with van der Waals surface area (Å²) in [5, 5.41) is 14.4. The summed E-state index contributed by atoms with van der Waals surface area (Å²) >= 11 is 0. The fourth-order valence-corrected chi connectivity index (χ4v) is 2.94. The Morgan fingerprint density at radius 3 is 2.62 bits per heavy atom. The predicted molar refractivity (Wildman–Crippen MR) is 77.7 cm³/mol. The van der Waals surface area contributed by atoms with Gasteiger partial charge in [-0.25, -0.2) is 9.78 Å². The molecule has 0 aliphatic carbocycles. The maximum Gasteiger partial charge on any atom is 0.339 e. The summed E-state index contributed by atoms with van der Waals surface area (Å²) in [5.74, 6) is -0.977. The fraction of sp³-hybridized carbons (Fsp3) is 0.500. The number of ether oxygens (including phenoxy) is 1. The van der Waals surface area contributed by atoms with Crippen molar-refractivity contribution < 1.29 is 14.6 Å². The van der Waals surface area contributed by atoms with E-state index in [1.807, 2.05) is 13.8 Å². The molecule has 2 aromatic rings. The molecule has 3 heterocycles. The highest BCUT2D eigenvalue weighted by molar-refractivity contribution is 6.03. The number of hydrogen-bond donors (Lipinski definition) is 1. The van der Waals surface area contributed by atoms with E-state index in [0.717, 1.165) is 5.39 Å². The third-order valence-corrected chi connectivity index (χ3v) is 3.70. The number of carbonyl (C=O) groups is 1. The molecule has 1 aliphatic heterocycles. The zero-order valence-corrected chi connectivity index (χ0v) is 12.3. The van der Waals surface area contributed by atoms with Gasteiger partial charge < -0.3 is 14.7 Å². The van der Waals surface area contributed by atoms with Crippen LogP contribution in [0.3, 0.4) is 0 Å². The van der Waals surface area contributed by atoms with Crippen molar-refractivity contribution in [1.29, 1.82) is 0 Å². The number of morpholine rings is 1. The monoisotopic (exact) mass is 290 g/mol. The van der Waals surface area contributed by atoms with E-state index in [1.54, 1.807) is 17.9 Å². The van der Waals surface area contributed by atoms with Gasteiger partial charge in [0.1, 0.15) is 5.56 Å². The Kier molecular flexibility index (Phi) is 3.29. The van der Waals surface area contributed by atoms with Crippen LogP contribution in [0.1, 0.15) is 24.2 Å². The number of fused-ring (bicyclic) bond motifs is 1. The van der Waals surface area contributed by atoms with Crippen molar-refractivity contribution >= 4 is 22.7 Å². The first kappa shape index (κ1) is 13.8. The molecule has 1 N–H and O–H groups in total. The van der Waals surface area contributed by atoms with Gasteiger partial charge in [0.15, 0.2) is 5.65 Å². The minimum absolute atomic E-state index is 0.0512. The summed E-state index contributed by atoms with van der Waals surface area (Å²) in [5.41, 5.74) is 1.57. The zero-order chi connectivity index (χ0) is 15.1. The first-order valence-electron chi connectivity index (χ1n) is 6.91.